The van der Waals surface area contributed by atoms with Crippen LogP contribution in [-0.4, -0.2) is 32.8 Å². The summed E-state index contributed by atoms with van der Waals surface area (Å²) in [6.07, 6.45) is 0. The molecule has 2 amide bonds. The van der Waals surface area contributed by atoms with E-state index in [1.807, 2.05) is 18.2 Å². The Hall–Kier alpha value is -4.46. The van der Waals surface area contributed by atoms with Gasteiger partial charge < -0.3 is 24.3 Å². The van der Waals surface area contributed by atoms with Crippen molar-refractivity contribution in [1.82, 2.24) is 0 Å². The summed E-state index contributed by atoms with van der Waals surface area (Å²) in [7, 11) is 3.01. The van der Waals surface area contributed by atoms with Gasteiger partial charge in [0.1, 0.15) is 17.2 Å². The molecule has 0 saturated heterocycles. The summed E-state index contributed by atoms with van der Waals surface area (Å²) in [4.78, 5) is 28.3. The number of anilines is 2. The van der Waals surface area contributed by atoms with Gasteiger partial charge in [0.15, 0.2) is 11.5 Å². The van der Waals surface area contributed by atoms with Crippen molar-refractivity contribution >= 4 is 28.8 Å². The molecule has 33 heavy (non-hydrogen) atoms. The Morgan fingerprint density at radius 2 is 1.52 bits per heavy atom. The topological polar surface area (TPSA) is 86.3 Å². The molecule has 3 aromatic carbocycles. The van der Waals surface area contributed by atoms with Crippen molar-refractivity contribution in [3.8, 4) is 23.0 Å². The fourth-order valence-electron chi connectivity index (χ4n) is 3.79. The summed E-state index contributed by atoms with van der Waals surface area (Å²) >= 11 is 0. The number of ether oxygens (including phenoxy) is 4. The van der Waals surface area contributed by atoms with Crippen LogP contribution in [0.1, 0.15) is 5.56 Å². The second-order valence-corrected chi connectivity index (χ2v) is 7.33. The Kier molecular flexibility index (Phi) is 5.10. The van der Waals surface area contributed by atoms with Crippen LogP contribution in [0, 0.1) is 0 Å². The highest BCUT2D eigenvalue weighted by Gasteiger charge is 2.40. The molecule has 0 aliphatic carbocycles. The van der Waals surface area contributed by atoms with Crippen LogP contribution in [-0.2, 0) is 9.59 Å². The van der Waals surface area contributed by atoms with E-state index in [-0.39, 0.29) is 18.1 Å². The van der Waals surface area contributed by atoms with Gasteiger partial charge in [0, 0.05) is 30.0 Å². The monoisotopic (exact) mass is 444 g/mol. The van der Waals surface area contributed by atoms with E-state index in [1.165, 1.54) is 14.2 Å². The molecule has 0 radical (unpaired) electrons. The lowest BCUT2D eigenvalue weighted by Gasteiger charge is -2.17. The van der Waals surface area contributed by atoms with Crippen LogP contribution in [0.5, 0.6) is 23.0 Å². The minimum absolute atomic E-state index is 0.139. The number of nitrogens with one attached hydrogen (secondary N) is 1. The van der Waals surface area contributed by atoms with Gasteiger partial charge in [-0.25, -0.2) is 4.90 Å². The zero-order valence-corrected chi connectivity index (χ0v) is 18.0. The quantitative estimate of drug-likeness (QED) is 0.579. The predicted molar refractivity (Wildman–Crippen MR) is 122 cm³/mol. The molecule has 166 valence electrons. The van der Waals surface area contributed by atoms with Crippen LogP contribution in [0.25, 0.3) is 5.57 Å². The van der Waals surface area contributed by atoms with E-state index in [2.05, 4.69) is 5.32 Å². The third kappa shape index (κ3) is 3.61. The van der Waals surface area contributed by atoms with Gasteiger partial charge in [0.05, 0.1) is 25.5 Å². The molecule has 5 rings (SSSR count). The lowest BCUT2D eigenvalue weighted by molar-refractivity contribution is -0.120. The third-order valence-electron chi connectivity index (χ3n) is 5.38. The van der Waals surface area contributed by atoms with E-state index < -0.39 is 11.8 Å². The van der Waals surface area contributed by atoms with Crippen molar-refractivity contribution in [2.45, 2.75) is 0 Å². The van der Waals surface area contributed by atoms with Gasteiger partial charge >= 0.3 is 0 Å². The number of rotatable bonds is 6. The maximum absolute atomic E-state index is 13.6. The first-order valence-corrected chi connectivity index (χ1v) is 10.2. The molecule has 0 bridgehead atoms. The molecule has 8 heteroatoms. The Morgan fingerprint density at radius 3 is 2.21 bits per heavy atom. The van der Waals surface area contributed by atoms with Crippen molar-refractivity contribution < 1.29 is 28.5 Å². The second-order valence-electron chi connectivity index (χ2n) is 7.33. The molecule has 0 atom stereocenters. The first kappa shape index (κ1) is 20.4. The molecule has 2 aliphatic heterocycles. The van der Waals surface area contributed by atoms with E-state index in [1.54, 1.807) is 48.5 Å². The molecule has 0 saturated carbocycles. The Balaban J connectivity index is 1.59. The number of carbonyl (C=O) groups is 2. The predicted octanol–water partition coefficient (Wildman–Crippen LogP) is 3.83. The minimum atomic E-state index is -0.494. The van der Waals surface area contributed by atoms with Gasteiger partial charge in [-0.3, -0.25) is 9.59 Å². The molecular weight excluding hydrogens is 424 g/mol. The lowest BCUT2D eigenvalue weighted by atomic mass is 10.0. The van der Waals surface area contributed by atoms with E-state index in [0.29, 0.717) is 39.9 Å². The molecule has 0 fully saturated rings. The smallest absolute Gasteiger partial charge is 0.282 e. The highest BCUT2D eigenvalue weighted by molar-refractivity contribution is 6.46. The van der Waals surface area contributed by atoms with Crippen LogP contribution in [0.4, 0.5) is 11.4 Å². The second kappa shape index (κ2) is 8.23. The summed E-state index contributed by atoms with van der Waals surface area (Å²) in [5.41, 5.74) is 1.98. The van der Waals surface area contributed by atoms with Crippen LogP contribution in [0.15, 0.2) is 72.4 Å². The van der Waals surface area contributed by atoms with Crippen molar-refractivity contribution in [2.24, 2.45) is 0 Å². The standard InChI is InChI=1S/C25H20N2O6/c1-30-18-11-17(12-19(13-18)31-2)27-24(28)22(15-6-4-3-5-7-15)23(25(27)29)26-16-8-9-20-21(10-16)33-14-32-20/h3-13,26H,14H2,1-2H3. The molecule has 0 unspecified atom stereocenters. The molecule has 3 aromatic rings. The Morgan fingerprint density at radius 1 is 0.818 bits per heavy atom. The van der Waals surface area contributed by atoms with E-state index in [9.17, 15) is 9.59 Å². The zero-order valence-electron chi connectivity index (χ0n) is 18.0. The number of nitrogens with zero attached hydrogens (tertiary/aromatic N) is 1. The van der Waals surface area contributed by atoms with Crippen LogP contribution in [0.3, 0.4) is 0 Å². The van der Waals surface area contributed by atoms with Crippen molar-refractivity contribution in [3.63, 3.8) is 0 Å². The number of methoxy groups -OCH3 is 2. The average molecular weight is 444 g/mol. The number of hydrogen-bond donors (Lipinski definition) is 1. The van der Waals surface area contributed by atoms with E-state index >= 15 is 0 Å². The first-order chi connectivity index (χ1) is 16.1. The zero-order chi connectivity index (χ0) is 22.9. The number of benzene rings is 3. The molecule has 2 aliphatic rings. The van der Waals surface area contributed by atoms with Gasteiger partial charge in [0.2, 0.25) is 6.79 Å². The fraction of sp³-hybridized carbons (Fsp3) is 0.120. The summed E-state index contributed by atoms with van der Waals surface area (Å²) in [6, 6.07) is 19.2. The average Bonchev–Trinajstić information content (AvgIpc) is 3.41. The van der Waals surface area contributed by atoms with Crippen molar-refractivity contribution in [1.29, 1.82) is 0 Å². The number of imide groups is 1. The van der Waals surface area contributed by atoms with Gasteiger partial charge in [-0.05, 0) is 17.7 Å². The number of amides is 2. The fourth-order valence-corrected chi connectivity index (χ4v) is 3.79. The maximum atomic E-state index is 13.6. The lowest BCUT2D eigenvalue weighted by Crippen LogP contribution is -2.32. The number of fused-ring (bicyclic) bond motifs is 1. The van der Waals surface area contributed by atoms with Crippen molar-refractivity contribution in [2.75, 3.05) is 31.2 Å². The largest absolute Gasteiger partial charge is 0.497 e. The normalized spacial score (nSPS) is 14.7. The van der Waals surface area contributed by atoms with Crippen LogP contribution < -0.4 is 29.2 Å². The summed E-state index contributed by atoms with van der Waals surface area (Å²) in [6.45, 7) is 0.139. The Bertz CT molecular complexity index is 1260. The molecule has 0 spiro atoms. The highest BCUT2D eigenvalue weighted by Crippen LogP contribution is 2.39. The van der Waals surface area contributed by atoms with Gasteiger partial charge in [0.25, 0.3) is 11.8 Å². The molecule has 0 aromatic heterocycles. The Labute approximate surface area is 189 Å². The highest BCUT2D eigenvalue weighted by atomic mass is 16.7. The summed E-state index contributed by atoms with van der Waals surface area (Å²) < 4.78 is 21.4. The number of carbonyl (C=O) groups excluding carboxylic acids is 2. The molecular formula is C25H20N2O6. The van der Waals surface area contributed by atoms with E-state index in [0.717, 1.165) is 4.90 Å². The summed E-state index contributed by atoms with van der Waals surface area (Å²) in [5, 5.41) is 3.13. The van der Waals surface area contributed by atoms with E-state index in [4.69, 9.17) is 18.9 Å². The van der Waals surface area contributed by atoms with Crippen LogP contribution in [0.2, 0.25) is 0 Å². The van der Waals surface area contributed by atoms with Gasteiger partial charge in [-0.15, -0.1) is 0 Å². The minimum Gasteiger partial charge on any atom is -0.497 e. The first-order valence-electron chi connectivity index (χ1n) is 10.2. The number of hydrogen-bond acceptors (Lipinski definition) is 7. The van der Waals surface area contributed by atoms with Crippen LogP contribution >= 0.6 is 0 Å². The third-order valence-corrected chi connectivity index (χ3v) is 5.38. The molecule has 2 heterocycles. The van der Waals surface area contributed by atoms with Gasteiger partial charge in [-0.2, -0.15) is 0 Å². The summed E-state index contributed by atoms with van der Waals surface area (Å²) in [5.74, 6) is 1.16. The SMILES string of the molecule is COc1cc(OC)cc(N2C(=O)C(Nc3ccc4c(c3)OCO4)=C(c3ccccc3)C2=O)c1. The van der Waals surface area contributed by atoms with Crippen molar-refractivity contribution in [3.05, 3.63) is 78.0 Å². The maximum Gasteiger partial charge on any atom is 0.282 e. The molecule has 8 nitrogen and oxygen atoms in total. The molecule has 1 N–H and O–H groups in total. The van der Waals surface area contributed by atoms with Gasteiger partial charge in [-0.1, -0.05) is 30.3 Å².